The van der Waals surface area contributed by atoms with Crippen molar-refractivity contribution in [3.63, 3.8) is 0 Å². The molecule has 0 radical (unpaired) electrons. The maximum absolute atomic E-state index is 9.42. The highest BCUT2D eigenvalue weighted by Gasteiger charge is 2.30. The third-order valence-corrected chi connectivity index (χ3v) is 6.94. The Balaban J connectivity index is 1.43. The minimum Gasteiger partial charge on any atom is -0.396 e. The van der Waals surface area contributed by atoms with Crippen molar-refractivity contribution in [2.45, 2.75) is 45.1 Å². The number of pyridine rings is 2. The Labute approximate surface area is 209 Å². The monoisotopic (exact) mass is 485 g/mol. The summed E-state index contributed by atoms with van der Waals surface area (Å²) in [7, 11) is 0. The number of quaternary nitrogens is 1. The molecule has 0 bridgehead atoms. The van der Waals surface area contributed by atoms with E-state index in [1.54, 1.807) is 30.1 Å². The molecular weight excluding hydrogens is 456 g/mol. The average Bonchev–Trinajstić information content (AvgIpc) is 3.56. The van der Waals surface area contributed by atoms with Gasteiger partial charge < -0.3 is 10.4 Å². The minimum absolute atomic E-state index is 0.267. The first kappa shape index (κ1) is 23.5. The van der Waals surface area contributed by atoms with Gasteiger partial charge in [0.1, 0.15) is 17.8 Å². The zero-order valence-corrected chi connectivity index (χ0v) is 20.1. The molecule has 0 unspecified atom stereocenters. The lowest BCUT2D eigenvalue weighted by Crippen LogP contribution is -2.97. The molecule has 11 nitrogen and oxygen atoms in total. The second-order valence-electron chi connectivity index (χ2n) is 9.35. The highest BCUT2D eigenvalue weighted by atomic mass is 16.3. The first-order chi connectivity index (χ1) is 17.6. The molecule has 1 fully saturated rings. The Morgan fingerprint density at radius 1 is 1.19 bits per heavy atom. The molecule has 4 heterocycles. The van der Waals surface area contributed by atoms with E-state index >= 15 is 0 Å². The zero-order valence-electron chi connectivity index (χ0n) is 20.1. The van der Waals surface area contributed by atoms with Crippen LogP contribution in [0.5, 0.6) is 0 Å². The van der Waals surface area contributed by atoms with Crippen LogP contribution in [0.15, 0.2) is 42.6 Å². The van der Waals surface area contributed by atoms with Crippen LogP contribution in [0.4, 0.5) is 11.4 Å². The van der Waals surface area contributed by atoms with Gasteiger partial charge in [0.25, 0.3) is 0 Å². The van der Waals surface area contributed by atoms with Gasteiger partial charge in [-0.15, -0.1) is 5.53 Å². The highest BCUT2D eigenvalue weighted by molar-refractivity contribution is 5.78. The van der Waals surface area contributed by atoms with Gasteiger partial charge in [-0.05, 0) is 51.0 Å². The molecule has 3 aromatic heterocycles. The Morgan fingerprint density at radius 2 is 2.03 bits per heavy atom. The number of nitrogens with zero attached hydrogens (tertiary/aromatic N) is 7. The topological polar surface area (TPSA) is 155 Å². The van der Waals surface area contributed by atoms with Gasteiger partial charge in [-0.25, -0.2) is 15.4 Å². The fraction of sp³-hybridized carbons (Fsp3) is 0.400. The fourth-order valence-corrected chi connectivity index (χ4v) is 4.97. The number of allylic oxidation sites excluding steroid dienone is 1. The van der Waals surface area contributed by atoms with Gasteiger partial charge in [0.05, 0.1) is 41.6 Å². The van der Waals surface area contributed by atoms with Crippen LogP contribution in [-0.2, 0) is 0 Å². The number of rotatable bonds is 7. The molecule has 1 saturated carbocycles. The molecule has 0 spiro atoms. The molecule has 3 aromatic rings. The van der Waals surface area contributed by atoms with Gasteiger partial charge in [0.15, 0.2) is 11.5 Å². The van der Waals surface area contributed by atoms with Gasteiger partial charge in [0, 0.05) is 30.2 Å². The van der Waals surface area contributed by atoms with Gasteiger partial charge in [-0.3, -0.25) is 0 Å². The zero-order chi connectivity index (χ0) is 25.1. The largest absolute Gasteiger partial charge is 0.396 e. The Hall–Kier alpha value is -4.19. The van der Waals surface area contributed by atoms with E-state index in [0.717, 1.165) is 48.9 Å². The predicted molar refractivity (Wildman–Crippen MR) is 133 cm³/mol. The first-order valence-corrected chi connectivity index (χ1v) is 12.2. The molecule has 1 aliphatic carbocycles. The summed E-state index contributed by atoms with van der Waals surface area (Å²) in [5, 5.41) is 38.2. The van der Waals surface area contributed by atoms with Crippen molar-refractivity contribution in [1.82, 2.24) is 25.2 Å². The van der Waals surface area contributed by atoms with Crippen molar-refractivity contribution in [2.75, 3.05) is 16.9 Å². The number of aromatic nitrogens is 4. The molecule has 11 heteroatoms. The van der Waals surface area contributed by atoms with Crippen molar-refractivity contribution in [3.05, 3.63) is 48.2 Å². The summed E-state index contributed by atoms with van der Waals surface area (Å²) in [6.07, 6.45) is 12.4. The van der Waals surface area contributed by atoms with E-state index in [-0.39, 0.29) is 6.61 Å². The number of aliphatic hydroxyl groups excluding tert-OH is 1. The minimum atomic E-state index is -0.412. The molecule has 36 heavy (non-hydrogen) atoms. The van der Waals surface area contributed by atoms with Crippen LogP contribution in [0, 0.1) is 34.5 Å². The Bertz CT molecular complexity index is 1360. The maximum Gasteiger partial charge on any atom is 0.164 e. The van der Waals surface area contributed by atoms with Crippen LogP contribution in [0.25, 0.3) is 16.9 Å². The van der Waals surface area contributed by atoms with Gasteiger partial charge >= 0.3 is 0 Å². The number of anilines is 2. The number of hydrogen-bond acceptors (Lipinski definition) is 9. The molecule has 0 saturated heterocycles. The second-order valence-corrected chi connectivity index (χ2v) is 9.35. The molecule has 0 amide bonds. The predicted octanol–water partition coefficient (Wildman–Crippen LogP) is 1.84. The molecular formula is C25H29N10O+. The lowest BCUT2D eigenvalue weighted by Gasteiger charge is -2.27. The van der Waals surface area contributed by atoms with E-state index in [1.165, 1.54) is 11.9 Å². The summed E-state index contributed by atoms with van der Waals surface area (Å²) >= 11 is 0. The van der Waals surface area contributed by atoms with E-state index in [9.17, 15) is 10.4 Å². The molecule has 1 atom stereocenters. The number of nitrogens with two attached hydrogens (primary N) is 1. The van der Waals surface area contributed by atoms with Crippen LogP contribution < -0.4 is 21.3 Å². The number of fused-ring (bicyclic) bond motifs is 1. The Morgan fingerprint density at radius 3 is 2.78 bits per heavy atom. The number of nitrogens with one attached hydrogen (secondary N) is 2. The van der Waals surface area contributed by atoms with Gasteiger partial charge in [0.2, 0.25) is 0 Å². The van der Waals surface area contributed by atoms with Crippen molar-refractivity contribution in [3.8, 4) is 18.0 Å². The van der Waals surface area contributed by atoms with E-state index in [4.69, 9.17) is 5.26 Å². The van der Waals surface area contributed by atoms with Crippen molar-refractivity contribution >= 4 is 22.4 Å². The quantitative estimate of drug-likeness (QED) is 0.367. The lowest BCUT2D eigenvalue weighted by atomic mass is 9.79. The third kappa shape index (κ3) is 4.67. The standard InChI is InChI=1S/C25H28N10O/c1-16(10-26)31-21-9-24(35-25-20(13-30-35)8-18(11-27)12-29-25)28-14-23(21)34-15-22(32-33-34)19-4-2-17(3-5-19)6-7-36/h8-9,12-17,19,32-33,36H,2-7H2,1H3,(H,28,31)/p+1/t16-,17?,19?/m1/s1. The summed E-state index contributed by atoms with van der Waals surface area (Å²) in [4.78, 5) is 9.04. The number of nitriles is 2. The molecule has 0 aromatic carbocycles. The normalized spacial score (nSPS) is 20.3. The van der Waals surface area contributed by atoms with E-state index in [0.29, 0.717) is 28.9 Å². The molecule has 2 aliphatic rings. The first-order valence-electron chi connectivity index (χ1n) is 12.2. The Kier molecular flexibility index (Phi) is 6.67. The number of hydrogen-bond donors (Lipinski definition) is 4. The summed E-state index contributed by atoms with van der Waals surface area (Å²) in [5.41, 5.74) is 9.15. The van der Waals surface area contributed by atoms with Crippen LogP contribution in [0.2, 0.25) is 0 Å². The van der Waals surface area contributed by atoms with Gasteiger partial charge in [-0.1, -0.05) is 0 Å². The van der Waals surface area contributed by atoms with Crippen molar-refractivity contribution in [2.24, 2.45) is 11.8 Å². The number of aliphatic hydroxyl groups is 1. The van der Waals surface area contributed by atoms with Crippen molar-refractivity contribution in [1.29, 1.82) is 10.5 Å². The maximum atomic E-state index is 9.42. The van der Waals surface area contributed by atoms with Crippen LogP contribution in [0.3, 0.4) is 0 Å². The third-order valence-electron chi connectivity index (χ3n) is 6.94. The summed E-state index contributed by atoms with van der Waals surface area (Å²) in [6.45, 7) is 2.07. The molecule has 1 aliphatic heterocycles. The summed E-state index contributed by atoms with van der Waals surface area (Å²) in [6, 6.07) is 7.51. The molecule has 5 N–H and O–H groups in total. The van der Waals surface area contributed by atoms with Gasteiger partial charge in [-0.2, -0.15) is 25.3 Å². The lowest BCUT2D eigenvalue weighted by molar-refractivity contribution is -0.700. The van der Waals surface area contributed by atoms with E-state index in [2.05, 4.69) is 44.1 Å². The smallest absolute Gasteiger partial charge is 0.164 e. The average molecular weight is 486 g/mol. The second kappa shape index (κ2) is 10.2. The molecule has 5 rings (SSSR count). The summed E-state index contributed by atoms with van der Waals surface area (Å²) in [5.74, 6) is 1.63. The fourth-order valence-electron chi connectivity index (χ4n) is 4.97. The van der Waals surface area contributed by atoms with Crippen LogP contribution in [0.1, 0.15) is 44.6 Å². The summed E-state index contributed by atoms with van der Waals surface area (Å²) < 4.78 is 1.63. The SMILES string of the molecule is C[C@H](C#N)Nc1cc(-n2ncc3cc(C#N)cnc32)ncc1N1C=C(C2CCC(CCO)CC2)N[NH2+]1. The van der Waals surface area contributed by atoms with E-state index in [1.807, 2.05) is 16.6 Å². The highest BCUT2D eigenvalue weighted by Crippen LogP contribution is 2.35. The van der Waals surface area contributed by atoms with E-state index < -0.39 is 6.04 Å². The van der Waals surface area contributed by atoms with Crippen LogP contribution >= 0.6 is 0 Å². The van der Waals surface area contributed by atoms with Crippen molar-refractivity contribution < 1.29 is 10.6 Å². The molecule has 184 valence electrons. The van der Waals surface area contributed by atoms with Crippen LogP contribution in [-0.4, -0.2) is 37.5 Å².